The van der Waals surface area contributed by atoms with Crippen molar-refractivity contribution in [3.63, 3.8) is 0 Å². The summed E-state index contributed by atoms with van der Waals surface area (Å²) in [5.74, 6) is -0.365. The Morgan fingerprint density at radius 2 is 1.79 bits per heavy atom. The molecule has 6 nitrogen and oxygen atoms in total. The first-order valence-corrected chi connectivity index (χ1v) is 11.3. The van der Waals surface area contributed by atoms with Crippen molar-refractivity contribution in [2.24, 2.45) is 0 Å². The summed E-state index contributed by atoms with van der Waals surface area (Å²) in [5.41, 5.74) is 4.92. The van der Waals surface area contributed by atoms with E-state index in [0.29, 0.717) is 11.3 Å². The van der Waals surface area contributed by atoms with Crippen molar-refractivity contribution in [2.45, 2.75) is 20.8 Å². The van der Waals surface area contributed by atoms with Gasteiger partial charge >= 0.3 is 0 Å². The van der Waals surface area contributed by atoms with Crippen LogP contribution in [0.4, 0.5) is 0 Å². The highest BCUT2D eigenvalue weighted by atomic mass is 32.2. The van der Waals surface area contributed by atoms with Gasteiger partial charge in [0.05, 0.1) is 17.0 Å². The summed E-state index contributed by atoms with van der Waals surface area (Å²) < 4.78 is 25.1. The smallest absolute Gasteiger partial charge is 0.255 e. The van der Waals surface area contributed by atoms with Gasteiger partial charge in [-0.2, -0.15) is 5.10 Å². The lowest BCUT2D eigenvalue weighted by Crippen LogP contribution is -2.29. The van der Waals surface area contributed by atoms with E-state index < -0.39 is 9.84 Å². The van der Waals surface area contributed by atoms with Crippen LogP contribution in [0.1, 0.15) is 28.4 Å². The number of benzene rings is 2. The summed E-state index contributed by atoms with van der Waals surface area (Å²) in [6.07, 6.45) is 1.68. The van der Waals surface area contributed by atoms with E-state index in [1.807, 2.05) is 62.4 Å². The summed E-state index contributed by atoms with van der Waals surface area (Å²) in [5, 5.41) is 7.37. The normalized spacial score (nSPS) is 11.4. The van der Waals surface area contributed by atoms with E-state index in [2.05, 4.69) is 10.4 Å². The molecule has 7 heteroatoms. The first-order chi connectivity index (χ1) is 13.8. The molecule has 152 valence electrons. The van der Waals surface area contributed by atoms with E-state index in [4.69, 9.17) is 0 Å². The molecule has 0 spiro atoms. The number of rotatable bonds is 7. The third kappa shape index (κ3) is 4.92. The van der Waals surface area contributed by atoms with E-state index >= 15 is 0 Å². The molecule has 0 saturated heterocycles. The fourth-order valence-corrected chi connectivity index (χ4v) is 3.62. The summed E-state index contributed by atoms with van der Waals surface area (Å²) in [7, 11) is -3.14. The minimum atomic E-state index is -3.14. The Balaban J connectivity index is 1.96. The molecule has 1 N–H and O–H groups in total. The van der Waals surface area contributed by atoms with Gasteiger partial charge in [0.15, 0.2) is 9.84 Å². The van der Waals surface area contributed by atoms with Crippen LogP contribution >= 0.6 is 0 Å². The van der Waals surface area contributed by atoms with Crippen molar-refractivity contribution in [3.05, 3.63) is 71.4 Å². The monoisotopic (exact) mass is 411 g/mol. The quantitative estimate of drug-likeness (QED) is 0.647. The zero-order valence-corrected chi connectivity index (χ0v) is 17.7. The predicted molar refractivity (Wildman–Crippen MR) is 115 cm³/mol. The number of nitrogens with zero attached hydrogens (tertiary/aromatic N) is 2. The van der Waals surface area contributed by atoms with Crippen LogP contribution in [0.3, 0.4) is 0 Å². The van der Waals surface area contributed by atoms with Crippen LogP contribution in [0.15, 0.2) is 54.7 Å². The minimum Gasteiger partial charge on any atom is -0.351 e. The maximum Gasteiger partial charge on any atom is 0.255 e. The zero-order valence-electron chi connectivity index (χ0n) is 16.8. The third-order valence-corrected chi connectivity index (χ3v) is 6.60. The molecule has 0 atom stereocenters. The Morgan fingerprint density at radius 3 is 2.45 bits per heavy atom. The maximum atomic E-state index is 12.9. The fourth-order valence-electron chi connectivity index (χ4n) is 2.91. The molecule has 0 aliphatic carbocycles. The van der Waals surface area contributed by atoms with Crippen molar-refractivity contribution in [1.82, 2.24) is 15.1 Å². The first kappa shape index (κ1) is 20.8. The summed E-state index contributed by atoms with van der Waals surface area (Å²) in [4.78, 5) is 12.9. The average Bonchev–Trinajstić information content (AvgIpc) is 3.16. The predicted octanol–water partition coefficient (Wildman–Crippen LogP) is 3.32. The van der Waals surface area contributed by atoms with Crippen molar-refractivity contribution >= 4 is 15.7 Å². The van der Waals surface area contributed by atoms with E-state index in [9.17, 15) is 13.2 Å². The third-order valence-electron chi connectivity index (χ3n) is 4.90. The lowest BCUT2D eigenvalue weighted by molar-refractivity contribution is 0.0956. The molecule has 0 bridgehead atoms. The van der Waals surface area contributed by atoms with Crippen LogP contribution < -0.4 is 5.32 Å². The van der Waals surface area contributed by atoms with Crippen molar-refractivity contribution < 1.29 is 13.2 Å². The number of hydrogen-bond acceptors (Lipinski definition) is 4. The topological polar surface area (TPSA) is 81.1 Å². The minimum absolute atomic E-state index is 0.0582. The molecule has 0 aliphatic heterocycles. The van der Waals surface area contributed by atoms with Gasteiger partial charge in [-0.15, -0.1) is 0 Å². The average molecular weight is 412 g/mol. The Hall–Kier alpha value is -2.93. The Kier molecular flexibility index (Phi) is 6.17. The van der Waals surface area contributed by atoms with Crippen LogP contribution in [0, 0.1) is 13.8 Å². The molecule has 3 rings (SSSR count). The number of aromatic nitrogens is 2. The van der Waals surface area contributed by atoms with Gasteiger partial charge in [-0.3, -0.25) is 4.79 Å². The van der Waals surface area contributed by atoms with Crippen molar-refractivity contribution in [3.8, 4) is 16.9 Å². The second kappa shape index (κ2) is 8.61. The Morgan fingerprint density at radius 1 is 1.07 bits per heavy atom. The molecule has 3 aromatic rings. The molecule has 1 amide bonds. The number of sulfone groups is 1. The molecule has 0 unspecified atom stereocenters. The number of hydrogen-bond donors (Lipinski definition) is 1. The number of para-hydroxylation sites is 1. The van der Waals surface area contributed by atoms with Crippen molar-refractivity contribution in [1.29, 1.82) is 0 Å². The van der Waals surface area contributed by atoms with Crippen molar-refractivity contribution in [2.75, 3.05) is 18.1 Å². The molecule has 0 saturated carbocycles. The number of carbonyl (C=O) groups excluding carboxylic acids is 1. The van der Waals surface area contributed by atoms with Gasteiger partial charge in [-0.1, -0.05) is 37.3 Å². The van der Waals surface area contributed by atoms with E-state index in [1.165, 1.54) is 0 Å². The lowest BCUT2D eigenvalue weighted by atomic mass is 10.0. The molecule has 29 heavy (non-hydrogen) atoms. The second-order valence-electron chi connectivity index (χ2n) is 6.96. The molecule has 1 aromatic heterocycles. The number of carbonyl (C=O) groups is 1. The Labute approximate surface area is 171 Å². The van der Waals surface area contributed by atoms with Gasteiger partial charge in [0.25, 0.3) is 5.91 Å². The highest BCUT2D eigenvalue weighted by Gasteiger charge is 2.19. The van der Waals surface area contributed by atoms with Gasteiger partial charge in [0, 0.05) is 24.1 Å². The SMILES string of the molecule is CCS(=O)(=O)CCNC(=O)c1cn(-c2ccccc2)nc1-c1ccc(C)c(C)c1. The molecule has 2 aromatic carbocycles. The van der Waals surface area contributed by atoms with Gasteiger partial charge in [0.1, 0.15) is 5.69 Å². The summed E-state index contributed by atoms with van der Waals surface area (Å²) in [6.45, 7) is 5.71. The van der Waals surface area contributed by atoms with Crippen LogP contribution in [0.2, 0.25) is 0 Å². The van der Waals surface area contributed by atoms with E-state index in [0.717, 1.165) is 22.4 Å². The van der Waals surface area contributed by atoms with Crippen LogP contribution in [0.5, 0.6) is 0 Å². The largest absolute Gasteiger partial charge is 0.351 e. The van der Waals surface area contributed by atoms with E-state index in [1.54, 1.807) is 17.8 Å². The highest BCUT2D eigenvalue weighted by molar-refractivity contribution is 7.91. The Bertz CT molecular complexity index is 1120. The lowest BCUT2D eigenvalue weighted by Gasteiger charge is -2.07. The molecule has 1 heterocycles. The van der Waals surface area contributed by atoms with E-state index in [-0.39, 0.29) is 24.0 Å². The zero-order chi connectivity index (χ0) is 21.0. The maximum absolute atomic E-state index is 12.9. The molecular formula is C22H25N3O3S. The van der Waals surface area contributed by atoms with Gasteiger partial charge in [-0.25, -0.2) is 13.1 Å². The van der Waals surface area contributed by atoms with Gasteiger partial charge in [-0.05, 0) is 43.2 Å². The summed E-state index contributed by atoms with van der Waals surface area (Å²) in [6, 6.07) is 15.5. The standard InChI is InChI=1S/C22H25N3O3S/c1-4-29(27,28)13-12-23-22(26)20-15-25(19-8-6-5-7-9-19)24-21(20)18-11-10-16(2)17(3)14-18/h5-11,14-15H,4,12-13H2,1-3H3,(H,23,26). The first-order valence-electron chi connectivity index (χ1n) is 9.52. The van der Waals surface area contributed by atoms with Gasteiger partial charge < -0.3 is 5.32 Å². The van der Waals surface area contributed by atoms with Crippen LogP contribution in [-0.4, -0.2) is 42.2 Å². The molecule has 0 radical (unpaired) electrons. The van der Waals surface area contributed by atoms with Gasteiger partial charge in [0.2, 0.25) is 0 Å². The molecular weight excluding hydrogens is 386 g/mol. The second-order valence-corrected chi connectivity index (χ2v) is 9.44. The fraction of sp³-hybridized carbons (Fsp3) is 0.273. The highest BCUT2D eigenvalue weighted by Crippen LogP contribution is 2.25. The van der Waals surface area contributed by atoms with Crippen LogP contribution in [0.25, 0.3) is 16.9 Å². The molecule has 0 fully saturated rings. The number of amides is 1. The molecule has 0 aliphatic rings. The summed E-state index contributed by atoms with van der Waals surface area (Å²) >= 11 is 0. The van der Waals surface area contributed by atoms with Crippen LogP contribution in [-0.2, 0) is 9.84 Å². The number of nitrogens with one attached hydrogen (secondary N) is 1. The number of aryl methyl sites for hydroxylation is 2.